The summed E-state index contributed by atoms with van der Waals surface area (Å²) in [7, 11) is 0. The lowest BCUT2D eigenvalue weighted by Crippen LogP contribution is -2.40. The van der Waals surface area contributed by atoms with E-state index < -0.39 is 0 Å². The van der Waals surface area contributed by atoms with E-state index in [1.165, 1.54) is 53.4 Å². The highest BCUT2D eigenvalue weighted by atomic mass is 15.3. The Morgan fingerprint density at radius 3 is 1.96 bits per heavy atom. The Bertz CT molecular complexity index is 884. The average molecular weight is 375 g/mol. The van der Waals surface area contributed by atoms with Gasteiger partial charge in [0.2, 0.25) is 0 Å². The first kappa shape index (κ1) is 20.6. The van der Waals surface area contributed by atoms with Crippen molar-refractivity contribution in [1.29, 1.82) is 0 Å². The molecular weight excluding hydrogens is 340 g/mol. The summed E-state index contributed by atoms with van der Waals surface area (Å²) in [4.78, 5) is 5.23. The number of fused-ring (bicyclic) bond motifs is 2. The summed E-state index contributed by atoms with van der Waals surface area (Å²) in [6.45, 7) is 5.76. The van der Waals surface area contributed by atoms with E-state index in [0.717, 1.165) is 19.8 Å². The number of hydrogen-bond acceptors (Lipinski definition) is 2. The van der Waals surface area contributed by atoms with Crippen LogP contribution >= 0.6 is 0 Å². The molecule has 28 heavy (non-hydrogen) atoms. The molecule has 2 aliphatic heterocycles. The van der Waals surface area contributed by atoms with Crippen LogP contribution in [0, 0.1) is 0 Å². The van der Waals surface area contributed by atoms with E-state index in [0.29, 0.717) is 5.92 Å². The summed E-state index contributed by atoms with van der Waals surface area (Å²) in [5.74, 6) is 0.714. The molecule has 0 radical (unpaired) electrons. The molecule has 0 bridgehead atoms. The molecule has 0 unspecified atom stereocenters. The van der Waals surface area contributed by atoms with E-state index in [4.69, 9.17) is 0 Å². The molecule has 3 aromatic carbocycles. The zero-order chi connectivity index (χ0) is 17.3. The molecule has 3 aromatic rings. The second-order valence-corrected chi connectivity index (χ2v) is 7.90. The highest BCUT2D eigenvalue weighted by Gasteiger charge is 2.24. The Kier molecular flexibility index (Phi) is 6.53. The van der Waals surface area contributed by atoms with Gasteiger partial charge in [0.25, 0.3) is 0 Å². The van der Waals surface area contributed by atoms with E-state index in [-0.39, 0.29) is 14.9 Å². The molecule has 2 nitrogen and oxygen atoms in total. The number of nitrogens with zero attached hydrogens (tertiary/aromatic N) is 2. The molecule has 0 aromatic heterocycles. The third-order valence-corrected chi connectivity index (χ3v) is 6.14. The summed E-state index contributed by atoms with van der Waals surface area (Å²) >= 11 is 0. The Balaban J connectivity index is 0.00000112. The first-order chi connectivity index (χ1) is 12.8. The first-order valence-electron chi connectivity index (χ1n) is 9.85. The van der Waals surface area contributed by atoms with Crippen molar-refractivity contribution in [3.63, 3.8) is 0 Å². The van der Waals surface area contributed by atoms with Crippen LogP contribution in [0.5, 0.6) is 0 Å². The van der Waals surface area contributed by atoms with Crippen LogP contribution < -0.4 is 0 Å². The molecule has 0 N–H and O–H groups in total. The number of rotatable bonds is 3. The van der Waals surface area contributed by atoms with Gasteiger partial charge in [-0.2, -0.15) is 0 Å². The lowest BCUT2D eigenvalue weighted by Gasteiger charge is -2.34. The van der Waals surface area contributed by atoms with Crippen molar-refractivity contribution in [2.75, 3.05) is 19.8 Å². The number of benzene rings is 3. The largest absolute Gasteiger partial charge is 0.290 e. The summed E-state index contributed by atoms with van der Waals surface area (Å²) in [5.41, 5.74) is 4.55. The number of likely N-dealkylation sites (tertiary alicyclic amines) is 1. The van der Waals surface area contributed by atoms with E-state index in [2.05, 4.69) is 76.5 Å². The van der Waals surface area contributed by atoms with E-state index in [9.17, 15) is 0 Å². The predicted molar refractivity (Wildman–Crippen MR) is 122 cm³/mol. The predicted octanol–water partition coefficient (Wildman–Crippen LogP) is 6.26. The quantitative estimate of drug-likeness (QED) is 0.533. The van der Waals surface area contributed by atoms with Crippen molar-refractivity contribution in [2.45, 2.75) is 46.7 Å². The highest BCUT2D eigenvalue weighted by Crippen LogP contribution is 2.31. The second-order valence-electron chi connectivity index (χ2n) is 7.90. The Morgan fingerprint density at radius 2 is 1.29 bits per heavy atom. The van der Waals surface area contributed by atoms with Gasteiger partial charge in [-0.1, -0.05) is 81.6 Å². The summed E-state index contributed by atoms with van der Waals surface area (Å²) < 4.78 is 0. The smallest absolute Gasteiger partial charge is 0.0512 e. The first-order valence-corrected chi connectivity index (χ1v) is 9.85. The fraction of sp³-hybridized carbons (Fsp3) is 0.385. The Hall–Kier alpha value is -2.16. The van der Waals surface area contributed by atoms with Gasteiger partial charge in [0.1, 0.15) is 0 Å². The summed E-state index contributed by atoms with van der Waals surface area (Å²) in [6.07, 6.45) is 2.55. The van der Waals surface area contributed by atoms with Crippen LogP contribution in [0.2, 0.25) is 0 Å². The molecule has 0 amide bonds. The van der Waals surface area contributed by atoms with Crippen LogP contribution in [0.1, 0.15) is 50.3 Å². The van der Waals surface area contributed by atoms with Gasteiger partial charge in [0, 0.05) is 13.1 Å². The monoisotopic (exact) mass is 374 g/mol. The maximum absolute atomic E-state index is 2.64. The summed E-state index contributed by atoms with van der Waals surface area (Å²) in [6, 6.07) is 24.6. The topological polar surface area (TPSA) is 6.48 Å². The average Bonchev–Trinajstić information content (AvgIpc) is 3.10. The van der Waals surface area contributed by atoms with Crippen LogP contribution in [0.3, 0.4) is 0 Å². The fourth-order valence-electron chi connectivity index (χ4n) is 4.66. The molecule has 5 rings (SSSR count). The summed E-state index contributed by atoms with van der Waals surface area (Å²) in [5, 5.41) is 2.73. The molecule has 0 atom stereocenters. The molecule has 2 heteroatoms. The second kappa shape index (κ2) is 8.89. The maximum Gasteiger partial charge on any atom is 0.0512 e. The molecule has 148 valence electrons. The van der Waals surface area contributed by atoms with Crippen molar-refractivity contribution in [1.82, 2.24) is 9.80 Å². The molecule has 0 aliphatic carbocycles. The Labute approximate surface area is 170 Å². The van der Waals surface area contributed by atoms with Gasteiger partial charge < -0.3 is 0 Å². The van der Waals surface area contributed by atoms with Crippen LogP contribution in [0.15, 0.2) is 66.7 Å². The zero-order valence-electron chi connectivity index (χ0n) is 15.3. The standard InChI is InChI=1S/C24H26N2.2CH4/c1-2-6-21-15-22(10-9-19(21)5-1)20-11-13-25(14-12-20)18-26-16-23-7-3-4-8-24(23)17-26;;/h1-10,15,20H,11-14,16-18H2;2*1H4. The molecule has 1 fully saturated rings. The van der Waals surface area contributed by atoms with Gasteiger partial charge in [0.15, 0.2) is 0 Å². The van der Waals surface area contributed by atoms with Crippen LogP contribution in [0.4, 0.5) is 0 Å². The minimum atomic E-state index is 0. The molecule has 2 aliphatic rings. The third kappa shape index (κ3) is 4.14. The molecule has 0 spiro atoms. The maximum atomic E-state index is 2.64. The van der Waals surface area contributed by atoms with Gasteiger partial charge in [-0.25, -0.2) is 0 Å². The van der Waals surface area contributed by atoms with E-state index >= 15 is 0 Å². The van der Waals surface area contributed by atoms with Gasteiger partial charge in [-0.15, -0.1) is 0 Å². The van der Waals surface area contributed by atoms with Gasteiger partial charge in [-0.3, -0.25) is 9.80 Å². The molecule has 1 saturated heterocycles. The normalized spacial score (nSPS) is 17.7. The van der Waals surface area contributed by atoms with Crippen LogP contribution in [0.25, 0.3) is 10.8 Å². The van der Waals surface area contributed by atoms with E-state index in [1.54, 1.807) is 0 Å². The fourth-order valence-corrected chi connectivity index (χ4v) is 4.66. The minimum Gasteiger partial charge on any atom is -0.290 e. The lowest BCUT2D eigenvalue weighted by molar-refractivity contribution is 0.106. The van der Waals surface area contributed by atoms with Crippen molar-refractivity contribution in [3.8, 4) is 0 Å². The third-order valence-electron chi connectivity index (χ3n) is 6.14. The molecule has 2 heterocycles. The SMILES string of the molecule is C.C.c1ccc2c(c1)CN(CN1CCC(c3ccc4ccccc4c3)CC1)C2. The van der Waals surface area contributed by atoms with E-state index in [1.807, 2.05) is 0 Å². The van der Waals surface area contributed by atoms with Crippen molar-refractivity contribution >= 4 is 10.8 Å². The van der Waals surface area contributed by atoms with Gasteiger partial charge in [0.05, 0.1) is 6.67 Å². The molecular formula is C26H34N2. The van der Waals surface area contributed by atoms with Crippen LogP contribution in [-0.2, 0) is 13.1 Å². The lowest BCUT2D eigenvalue weighted by atomic mass is 9.88. The minimum absolute atomic E-state index is 0. The molecule has 0 saturated carbocycles. The van der Waals surface area contributed by atoms with Crippen molar-refractivity contribution in [3.05, 3.63) is 83.4 Å². The zero-order valence-corrected chi connectivity index (χ0v) is 15.3. The number of piperidine rings is 1. The van der Waals surface area contributed by atoms with Crippen molar-refractivity contribution < 1.29 is 0 Å². The van der Waals surface area contributed by atoms with Crippen molar-refractivity contribution in [2.24, 2.45) is 0 Å². The highest BCUT2D eigenvalue weighted by molar-refractivity contribution is 5.83. The van der Waals surface area contributed by atoms with Gasteiger partial charge in [-0.05, 0) is 59.3 Å². The Morgan fingerprint density at radius 1 is 0.679 bits per heavy atom. The van der Waals surface area contributed by atoms with Crippen LogP contribution in [-0.4, -0.2) is 29.6 Å². The van der Waals surface area contributed by atoms with Gasteiger partial charge >= 0.3 is 0 Å². The number of hydrogen-bond donors (Lipinski definition) is 0.